The van der Waals surface area contributed by atoms with Crippen molar-refractivity contribution < 1.29 is 28.8 Å². The third kappa shape index (κ3) is 6.17. The van der Waals surface area contributed by atoms with Crippen LogP contribution in [0.3, 0.4) is 0 Å². The fourth-order valence-electron chi connectivity index (χ4n) is 5.78. The zero-order chi connectivity index (χ0) is 31.5. The number of ether oxygens (including phenoxy) is 4. The van der Waals surface area contributed by atoms with Gasteiger partial charge in [0.25, 0.3) is 0 Å². The first-order valence-electron chi connectivity index (χ1n) is 15.3. The summed E-state index contributed by atoms with van der Waals surface area (Å²) >= 11 is 0. The Bertz CT molecular complexity index is 2010. The van der Waals surface area contributed by atoms with Gasteiger partial charge in [0, 0.05) is 37.7 Å². The number of hydrogen-bond donors (Lipinski definition) is 1. The van der Waals surface area contributed by atoms with Crippen molar-refractivity contribution in [3.63, 3.8) is 0 Å². The minimum absolute atomic E-state index is 0.115. The van der Waals surface area contributed by atoms with E-state index in [1.54, 1.807) is 13.3 Å². The van der Waals surface area contributed by atoms with Gasteiger partial charge in [-0.25, -0.2) is 14.8 Å². The summed E-state index contributed by atoms with van der Waals surface area (Å²) in [6.07, 6.45) is 2.29. The number of rotatable bonds is 9. The first-order chi connectivity index (χ1) is 22.6. The average Bonchev–Trinajstić information content (AvgIpc) is 3.51. The molecule has 3 aromatic carbocycles. The lowest BCUT2D eigenvalue weighted by molar-refractivity contribution is -0.0247. The van der Waals surface area contributed by atoms with E-state index >= 15 is 0 Å². The van der Waals surface area contributed by atoms with Gasteiger partial charge in [0.05, 0.1) is 30.7 Å². The van der Waals surface area contributed by atoms with Crippen LogP contribution >= 0.6 is 0 Å². The predicted octanol–water partition coefficient (Wildman–Crippen LogP) is 5.88. The molecule has 0 bridgehead atoms. The van der Waals surface area contributed by atoms with Crippen molar-refractivity contribution in [3.05, 3.63) is 103 Å². The van der Waals surface area contributed by atoms with Crippen LogP contribution in [0.1, 0.15) is 12.0 Å². The SMILES string of the molecule is COCCOc1ccn2c(-c3ccc4cccc(OC5CCN(C(=O)OCc6ccc7ccccc7c6)CC5O)c4n3)cnc2c1. The number of β-amino-alcohol motifs (C(OH)–C–C–N with tert-alkyl or cyclic N) is 1. The quantitative estimate of drug-likeness (QED) is 0.200. The molecule has 1 saturated heterocycles. The van der Waals surface area contributed by atoms with Crippen LogP contribution in [0.4, 0.5) is 4.79 Å². The number of aromatic nitrogens is 3. The molecular formula is C36H34N4O6. The Balaban J connectivity index is 1.02. The van der Waals surface area contributed by atoms with Gasteiger partial charge in [0.1, 0.15) is 48.1 Å². The van der Waals surface area contributed by atoms with Gasteiger partial charge in [0.15, 0.2) is 0 Å². The summed E-state index contributed by atoms with van der Waals surface area (Å²) < 4.78 is 24.7. The molecule has 1 aliphatic heterocycles. The molecule has 0 aliphatic carbocycles. The molecule has 10 nitrogen and oxygen atoms in total. The van der Waals surface area contributed by atoms with Crippen LogP contribution < -0.4 is 9.47 Å². The molecule has 46 heavy (non-hydrogen) atoms. The number of carbonyl (C=O) groups excluding carboxylic acids is 1. The number of aliphatic hydroxyl groups excluding tert-OH is 1. The number of para-hydroxylation sites is 1. The summed E-state index contributed by atoms with van der Waals surface area (Å²) in [5.74, 6) is 1.28. The second-order valence-electron chi connectivity index (χ2n) is 11.3. The summed E-state index contributed by atoms with van der Waals surface area (Å²) in [6.45, 7) is 1.64. The normalized spacial score (nSPS) is 16.6. The molecule has 0 radical (unpaired) electrons. The van der Waals surface area contributed by atoms with E-state index in [4.69, 9.17) is 23.9 Å². The Kier molecular flexibility index (Phi) is 8.37. The number of amides is 1. The molecule has 1 fully saturated rings. The third-order valence-corrected chi connectivity index (χ3v) is 8.22. The minimum Gasteiger partial charge on any atom is -0.491 e. The molecule has 1 aliphatic rings. The summed E-state index contributed by atoms with van der Waals surface area (Å²) in [5.41, 5.74) is 3.88. The summed E-state index contributed by atoms with van der Waals surface area (Å²) in [6, 6.07) is 27.5. The lowest BCUT2D eigenvalue weighted by atomic mass is 10.0. The van der Waals surface area contributed by atoms with Crippen molar-refractivity contribution in [2.45, 2.75) is 25.2 Å². The Morgan fingerprint density at radius 3 is 2.67 bits per heavy atom. The fourth-order valence-corrected chi connectivity index (χ4v) is 5.78. The van der Waals surface area contributed by atoms with E-state index in [1.165, 1.54) is 4.90 Å². The number of fused-ring (bicyclic) bond motifs is 3. The Morgan fingerprint density at radius 2 is 1.80 bits per heavy atom. The fraction of sp³-hybridized carbons (Fsp3) is 0.250. The monoisotopic (exact) mass is 618 g/mol. The van der Waals surface area contributed by atoms with E-state index in [0.29, 0.717) is 43.2 Å². The maximum Gasteiger partial charge on any atom is 0.410 e. The van der Waals surface area contributed by atoms with Crippen molar-refractivity contribution in [1.82, 2.24) is 19.3 Å². The number of benzene rings is 3. The summed E-state index contributed by atoms with van der Waals surface area (Å²) in [4.78, 5) is 23.9. The highest BCUT2D eigenvalue weighted by Gasteiger charge is 2.33. The maximum atomic E-state index is 12.9. The molecular weight excluding hydrogens is 584 g/mol. The Hall–Kier alpha value is -5.19. The summed E-state index contributed by atoms with van der Waals surface area (Å²) in [7, 11) is 1.64. The Morgan fingerprint density at radius 1 is 0.957 bits per heavy atom. The predicted molar refractivity (Wildman–Crippen MR) is 174 cm³/mol. The zero-order valence-electron chi connectivity index (χ0n) is 25.4. The minimum atomic E-state index is -0.889. The van der Waals surface area contributed by atoms with Crippen LogP contribution in [0.5, 0.6) is 11.5 Å². The van der Waals surface area contributed by atoms with Gasteiger partial charge in [-0.15, -0.1) is 0 Å². The first kappa shape index (κ1) is 29.5. The standard InChI is InChI=1S/C36H34N4O6/c1-43-17-18-44-28-13-16-40-30(21-37-34(40)20-28)29-12-11-26-7-4-8-33(35(26)38-29)46-32-14-15-39(22-31(32)41)36(42)45-23-24-9-10-25-5-2-3-6-27(25)19-24/h2-13,16,19-21,31-32,41H,14-15,17-18,22-23H2,1H3. The smallest absolute Gasteiger partial charge is 0.410 e. The van der Waals surface area contributed by atoms with Crippen molar-refractivity contribution in [3.8, 4) is 22.9 Å². The van der Waals surface area contributed by atoms with E-state index < -0.39 is 18.3 Å². The highest BCUT2D eigenvalue weighted by Crippen LogP contribution is 2.30. The highest BCUT2D eigenvalue weighted by atomic mass is 16.6. The van der Waals surface area contributed by atoms with E-state index in [1.807, 2.05) is 95.5 Å². The van der Waals surface area contributed by atoms with Crippen LogP contribution in [0, 0.1) is 0 Å². The van der Waals surface area contributed by atoms with Crippen LogP contribution in [0.25, 0.3) is 38.7 Å². The van der Waals surface area contributed by atoms with E-state index in [9.17, 15) is 9.90 Å². The molecule has 234 valence electrons. The van der Waals surface area contributed by atoms with Crippen molar-refractivity contribution >= 4 is 33.4 Å². The molecule has 4 heterocycles. The second kappa shape index (κ2) is 13.0. The molecule has 6 aromatic rings. The molecule has 10 heteroatoms. The second-order valence-corrected chi connectivity index (χ2v) is 11.3. The van der Waals surface area contributed by atoms with Gasteiger partial charge < -0.3 is 29.0 Å². The van der Waals surface area contributed by atoms with E-state index in [2.05, 4.69) is 4.98 Å². The number of likely N-dealkylation sites (tertiary alicyclic amines) is 1. The van der Waals surface area contributed by atoms with Crippen molar-refractivity contribution in [2.24, 2.45) is 0 Å². The van der Waals surface area contributed by atoms with Gasteiger partial charge in [-0.05, 0) is 40.6 Å². The Labute approximate surface area is 265 Å². The molecule has 7 rings (SSSR count). The van der Waals surface area contributed by atoms with Gasteiger partial charge in [-0.1, -0.05) is 54.6 Å². The molecule has 2 unspecified atom stereocenters. The molecule has 1 N–H and O–H groups in total. The van der Waals surface area contributed by atoms with Crippen LogP contribution in [0.2, 0.25) is 0 Å². The van der Waals surface area contributed by atoms with Crippen molar-refractivity contribution in [1.29, 1.82) is 0 Å². The third-order valence-electron chi connectivity index (χ3n) is 8.22. The molecule has 3 aromatic heterocycles. The number of pyridine rings is 2. The van der Waals surface area contributed by atoms with Crippen LogP contribution in [-0.2, 0) is 16.1 Å². The van der Waals surface area contributed by atoms with Gasteiger partial charge >= 0.3 is 6.09 Å². The maximum absolute atomic E-state index is 12.9. The highest BCUT2D eigenvalue weighted by molar-refractivity contribution is 5.87. The number of methoxy groups -OCH3 is 1. The van der Waals surface area contributed by atoms with Crippen LogP contribution in [-0.4, -0.2) is 76.1 Å². The zero-order valence-corrected chi connectivity index (χ0v) is 25.4. The molecule has 2 atom stereocenters. The number of imidazole rings is 1. The van der Waals surface area contributed by atoms with Gasteiger partial charge in [0.2, 0.25) is 0 Å². The van der Waals surface area contributed by atoms with Gasteiger partial charge in [-0.3, -0.25) is 4.40 Å². The number of piperidine rings is 1. The molecule has 0 spiro atoms. The average molecular weight is 619 g/mol. The first-order valence-corrected chi connectivity index (χ1v) is 15.3. The molecule has 1 amide bonds. The van der Waals surface area contributed by atoms with E-state index in [-0.39, 0.29) is 13.2 Å². The van der Waals surface area contributed by atoms with Gasteiger partial charge in [-0.2, -0.15) is 0 Å². The summed E-state index contributed by atoms with van der Waals surface area (Å²) in [5, 5.41) is 14.2. The largest absolute Gasteiger partial charge is 0.491 e. The number of nitrogens with zero attached hydrogens (tertiary/aromatic N) is 4. The number of hydrogen-bond acceptors (Lipinski definition) is 8. The number of carbonyl (C=O) groups is 1. The van der Waals surface area contributed by atoms with E-state index in [0.717, 1.165) is 38.8 Å². The molecule has 0 saturated carbocycles. The lowest BCUT2D eigenvalue weighted by Gasteiger charge is -2.35. The lowest BCUT2D eigenvalue weighted by Crippen LogP contribution is -2.51. The van der Waals surface area contributed by atoms with Crippen LogP contribution in [0.15, 0.2) is 97.3 Å². The van der Waals surface area contributed by atoms with Crippen molar-refractivity contribution in [2.75, 3.05) is 33.4 Å². The topological polar surface area (TPSA) is 108 Å². The number of aliphatic hydroxyl groups is 1.